The van der Waals surface area contributed by atoms with E-state index in [9.17, 15) is 4.79 Å². The zero-order valence-electron chi connectivity index (χ0n) is 10.2. The van der Waals surface area contributed by atoms with Gasteiger partial charge in [-0.3, -0.25) is 0 Å². The highest BCUT2D eigenvalue weighted by Crippen LogP contribution is 2.54. The molecule has 2 aliphatic rings. The van der Waals surface area contributed by atoms with Crippen LogP contribution in [0.4, 0.5) is 0 Å². The normalized spacial score (nSPS) is 25.6. The monoisotopic (exact) mass is 261 g/mol. The molecule has 3 rings (SSSR count). The van der Waals surface area contributed by atoms with Crippen LogP contribution >= 0.6 is 11.8 Å². The fourth-order valence-corrected chi connectivity index (χ4v) is 4.33. The fourth-order valence-electron chi connectivity index (χ4n) is 2.80. The van der Waals surface area contributed by atoms with Gasteiger partial charge in [0.1, 0.15) is 4.91 Å². The van der Waals surface area contributed by atoms with Crippen LogP contribution in [0.5, 0.6) is 0 Å². The largest absolute Gasteiger partial charge is 0.465 e. The van der Waals surface area contributed by atoms with Crippen molar-refractivity contribution in [3.8, 4) is 0 Å². The van der Waals surface area contributed by atoms with Crippen molar-refractivity contribution in [2.45, 2.75) is 18.1 Å². The molecule has 0 saturated carbocycles. The fraction of sp³-hybridized carbons (Fsp3) is 0.357. The number of carbonyl (C=O) groups excluding carboxylic acids is 1. The molecule has 0 bridgehead atoms. The van der Waals surface area contributed by atoms with Crippen molar-refractivity contribution in [2.24, 2.45) is 11.7 Å². The van der Waals surface area contributed by atoms with Gasteiger partial charge in [-0.1, -0.05) is 24.3 Å². The Morgan fingerprint density at radius 3 is 3.00 bits per heavy atom. The highest BCUT2D eigenvalue weighted by molar-refractivity contribution is 8.04. The molecule has 0 aromatic heterocycles. The maximum Gasteiger partial charge on any atom is 0.346 e. The lowest BCUT2D eigenvalue weighted by Gasteiger charge is -2.28. The van der Waals surface area contributed by atoms with Crippen LogP contribution in [0.3, 0.4) is 0 Å². The van der Waals surface area contributed by atoms with Gasteiger partial charge in [0, 0.05) is 16.9 Å². The lowest BCUT2D eigenvalue weighted by Crippen LogP contribution is -2.20. The Kier molecular flexibility index (Phi) is 2.82. The topological polar surface area (TPSA) is 52.3 Å². The average molecular weight is 261 g/mol. The highest BCUT2D eigenvalue weighted by atomic mass is 32.2. The van der Waals surface area contributed by atoms with Crippen LogP contribution in [-0.4, -0.2) is 13.1 Å². The first-order valence-electron chi connectivity index (χ1n) is 6.04. The maximum atomic E-state index is 11.7. The number of fused-ring (bicyclic) bond motifs is 3. The second-order valence-electron chi connectivity index (χ2n) is 4.66. The molecule has 0 unspecified atom stereocenters. The van der Waals surface area contributed by atoms with Crippen LogP contribution in [-0.2, 0) is 16.0 Å². The number of ether oxygens (including phenoxy) is 1. The van der Waals surface area contributed by atoms with Gasteiger partial charge in [0.05, 0.1) is 7.11 Å². The first kappa shape index (κ1) is 11.7. The molecule has 0 spiro atoms. The van der Waals surface area contributed by atoms with Crippen molar-refractivity contribution >= 4 is 17.7 Å². The van der Waals surface area contributed by atoms with Gasteiger partial charge in [-0.05, 0) is 24.0 Å². The van der Waals surface area contributed by atoms with E-state index in [-0.39, 0.29) is 17.1 Å². The van der Waals surface area contributed by atoms with Crippen LogP contribution in [0.15, 0.2) is 34.9 Å². The van der Waals surface area contributed by atoms with Gasteiger partial charge in [0.2, 0.25) is 0 Å². The number of hydrogen-bond acceptors (Lipinski definition) is 4. The molecule has 3 nitrogen and oxygen atoms in total. The second-order valence-corrected chi connectivity index (χ2v) is 5.81. The molecule has 0 amide bonds. The Balaban J connectivity index is 1.98. The molecule has 94 valence electrons. The zero-order valence-corrected chi connectivity index (χ0v) is 11.0. The molecule has 1 aromatic carbocycles. The van der Waals surface area contributed by atoms with Gasteiger partial charge in [-0.25, -0.2) is 4.79 Å². The second kappa shape index (κ2) is 4.35. The summed E-state index contributed by atoms with van der Waals surface area (Å²) < 4.78 is 4.80. The summed E-state index contributed by atoms with van der Waals surface area (Å²) in [4.78, 5) is 12.3. The van der Waals surface area contributed by atoms with Gasteiger partial charge in [0.15, 0.2) is 0 Å². The van der Waals surface area contributed by atoms with Crippen molar-refractivity contribution < 1.29 is 9.53 Å². The predicted molar refractivity (Wildman–Crippen MR) is 71.8 cm³/mol. The first-order valence-corrected chi connectivity index (χ1v) is 6.92. The minimum absolute atomic E-state index is 0.277. The Bertz CT molecular complexity index is 538. The van der Waals surface area contributed by atoms with Crippen LogP contribution < -0.4 is 5.73 Å². The summed E-state index contributed by atoms with van der Waals surface area (Å²) in [6.45, 7) is 0. The quantitative estimate of drug-likeness (QED) is 0.789. The minimum Gasteiger partial charge on any atom is -0.465 e. The van der Waals surface area contributed by atoms with Crippen molar-refractivity contribution in [1.82, 2.24) is 0 Å². The van der Waals surface area contributed by atoms with Gasteiger partial charge in [-0.2, -0.15) is 0 Å². The molecule has 2 atom stereocenters. The van der Waals surface area contributed by atoms with Gasteiger partial charge >= 0.3 is 5.97 Å². The molecule has 4 heteroatoms. The van der Waals surface area contributed by atoms with E-state index in [1.165, 1.54) is 18.2 Å². The molecule has 0 radical (unpaired) electrons. The number of thioether (sulfide) groups is 1. The van der Waals surface area contributed by atoms with Crippen LogP contribution in [0.1, 0.15) is 22.8 Å². The van der Waals surface area contributed by atoms with Crippen molar-refractivity contribution in [3.63, 3.8) is 0 Å². The van der Waals surface area contributed by atoms with E-state index in [1.807, 2.05) is 6.07 Å². The summed E-state index contributed by atoms with van der Waals surface area (Å²) in [6.07, 6.45) is 2.05. The van der Waals surface area contributed by atoms with E-state index >= 15 is 0 Å². The number of esters is 1. The third-order valence-electron chi connectivity index (χ3n) is 3.73. The molecule has 1 aliphatic carbocycles. The van der Waals surface area contributed by atoms with E-state index in [0.717, 1.165) is 12.8 Å². The SMILES string of the molecule is COC(=O)C1=C(N)[C@H]2CCc3ccccc3[C@@H]2S1. The predicted octanol–water partition coefficient (Wildman–Crippen LogP) is 2.38. The van der Waals surface area contributed by atoms with Crippen molar-refractivity contribution in [3.05, 3.63) is 46.0 Å². The lowest BCUT2D eigenvalue weighted by atomic mass is 9.82. The number of carbonyl (C=O) groups is 1. The highest BCUT2D eigenvalue weighted by Gasteiger charge is 2.41. The molecule has 2 N–H and O–H groups in total. The number of allylic oxidation sites excluding steroid dienone is 1. The molecule has 18 heavy (non-hydrogen) atoms. The van der Waals surface area contributed by atoms with Crippen molar-refractivity contribution in [2.75, 3.05) is 7.11 Å². The summed E-state index contributed by atoms with van der Waals surface area (Å²) in [7, 11) is 1.40. The number of hydrogen-bond donors (Lipinski definition) is 1. The van der Waals surface area contributed by atoms with E-state index in [2.05, 4.69) is 18.2 Å². The maximum absolute atomic E-state index is 11.7. The van der Waals surface area contributed by atoms with E-state index in [4.69, 9.17) is 10.5 Å². The molecule has 0 fully saturated rings. The van der Waals surface area contributed by atoms with Crippen LogP contribution in [0.25, 0.3) is 0 Å². The summed E-state index contributed by atoms with van der Waals surface area (Å²) in [5.74, 6) is -0.0246. The van der Waals surface area contributed by atoms with Gasteiger partial charge in [0.25, 0.3) is 0 Å². The standard InChI is InChI=1S/C14H15NO2S/c1-17-14(16)13-11(15)10-7-6-8-4-2-3-5-9(8)12(10)18-13/h2-5,10,12H,6-7,15H2,1H3/t10-,12+/m1/s1. The Labute approximate surface area is 110 Å². The molecular weight excluding hydrogens is 246 g/mol. The number of rotatable bonds is 1. The Morgan fingerprint density at radius 2 is 2.22 bits per heavy atom. The third kappa shape index (κ3) is 1.63. The Hall–Kier alpha value is -1.42. The van der Waals surface area contributed by atoms with E-state index in [0.29, 0.717) is 10.6 Å². The lowest BCUT2D eigenvalue weighted by molar-refractivity contribution is -0.135. The average Bonchev–Trinajstić information content (AvgIpc) is 2.76. The van der Waals surface area contributed by atoms with E-state index < -0.39 is 0 Å². The first-order chi connectivity index (χ1) is 8.72. The summed E-state index contributed by atoms with van der Waals surface area (Å²) >= 11 is 1.56. The molecule has 1 aromatic rings. The molecular formula is C14H15NO2S. The summed E-state index contributed by atoms with van der Waals surface area (Å²) in [6, 6.07) is 8.43. The summed E-state index contributed by atoms with van der Waals surface area (Å²) in [5, 5.41) is 0.282. The number of methoxy groups -OCH3 is 1. The molecule has 1 heterocycles. The minimum atomic E-state index is -0.301. The zero-order chi connectivity index (χ0) is 12.7. The van der Waals surface area contributed by atoms with Gasteiger partial charge < -0.3 is 10.5 Å². The Morgan fingerprint density at radius 1 is 1.44 bits per heavy atom. The van der Waals surface area contributed by atoms with Crippen LogP contribution in [0, 0.1) is 5.92 Å². The van der Waals surface area contributed by atoms with Crippen molar-refractivity contribution in [1.29, 1.82) is 0 Å². The number of aryl methyl sites for hydroxylation is 1. The smallest absolute Gasteiger partial charge is 0.346 e. The number of nitrogens with two attached hydrogens (primary N) is 1. The molecule has 1 aliphatic heterocycles. The van der Waals surface area contributed by atoms with Gasteiger partial charge in [-0.15, -0.1) is 11.8 Å². The number of benzene rings is 1. The summed E-state index contributed by atoms with van der Waals surface area (Å²) in [5.41, 5.74) is 9.54. The van der Waals surface area contributed by atoms with Crippen LogP contribution in [0.2, 0.25) is 0 Å². The third-order valence-corrected chi connectivity index (χ3v) is 5.20. The van der Waals surface area contributed by atoms with E-state index in [1.54, 1.807) is 11.8 Å². The molecule has 0 saturated heterocycles.